The Hall–Kier alpha value is -2.02. The minimum atomic E-state index is -0.367. The maximum absolute atomic E-state index is 11.3. The summed E-state index contributed by atoms with van der Waals surface area (Å²) in [7, 11) is 0. The van der Waals surface area contributed by atoms with Gasteiger partial charge in [0, 0.05) is 6.20 Å². The summed E-state index contributed by atoms with van der Waals surface area (Å²) < 4.78 is 4.82. The number of hydrogen-bond donors (Lipinski definition) is 1. The zero-order chi connectivity index (χ0) is 11.1. The van der Waals surface area contributed by atoms with E-state index in [4.69, 9.17) is 11.2 Å². The van der Waals surface area contributed by atoms with Crippen molar-refractivity contribution >= 4 is 11.8 Å². The van der Waals surface area contributed by atoms with Crippen molar-refractivity contribution in [3.05, 3.63) is 23.9 Å². The van der Waals surface area contributed by atoms with Crippen LogP contribution in [0, 0.1) is 12.3 Å². The second-order valence-corrected chi connectivity index (χ2v) is 2.71. The molecular weight excluding hydrogens is 192 g/mol. The largest absolute Gasteiger partial charge is 0.462 e. The third kappa shape index (κ3) is 3.31. The molecule has 0 bridgehead atoms. The van der Waals surface area contributed by atoms with Gasteiger partial charge in [0.25, 0.3) is 0 Å². The Labute approximate surface area is 88.7 Å². The van der Waals surface area contributed by atoms with E-state index in [0.29, 0.717) is 24.5 Å². The van der Waals surface area contributed by atoms with Gasteiger partial charge >= 0.3 is 5.97 Å². The number of anilines is 1. The number of carbonyl (C=O) groups excluding carboxylic acids is 1. The molecule has 1 rings (SSSR count). The topological polar surface area (TPSA) is 51.2 Å². The SMILES string of the molecule is C#CCNc1ccc(C(=O)OCC)cn1. The molecule has 1 aromatic heterocycles. The fraction of sp³-hybridized carbons (Fsp3) is 0.273. The Morgan fingerprint density at radius 2 is 2.47 bits per heavy atom. The molecule has 4 heteroatoms. The number of aromatic nitrogens is 1. The van der Waals surface area contributed by atoms with Gasteiger partial charge in [-0.15, -0.1) is 6.42 Å². The minimum absolute atomic E-state index is 0.357. The molecule has 1 heterocycles. The highest BCUT2D eigenvalue weighted by Crippen LogP contribution is 2.05. The van der Waals surface area contributed by atoms with Crippen molar-refractivity contribution < 1.29 is 9.53 Å². The van der Waals surface area contributed by atoms with Gasteiger partial charge in [0.1, 0.15) is 5.82 Å². The molecule has 0 radical (unpaired) electrons. The molecule has 0 amide bonds. The highest BCUT2D eigenvalue weighted by atomic mass is 16.5. The van der Waals surface area contributed by atoms with Gasteiger partial charge in [0.05, 0.1) is 18.7 Å². The first kappa shape index (κ1) is 11.1. The fourth-order valence-corrected chi connectivity index (χ4v) is 0.975. The van der Waals surface area contributed by atoms with E-state index in [-0.39, 0.29) is 5.97 Å². The van der Waals surface area contributed by atoms with E-state index in [1.807, 2.05) is 0 Å². The van der Waals surface area contributed by atoms with Crippen LogP contribution in [0.3, 0.4) is 0 Å². The lowest BCUT2D eigenvalue weighted by Crippen LogP contribution is -2.06. The molecule has 0 saturated carbocycles. The molecular formula is C11H12N2O2. The van der Waals surface area contributed by atoms with Crippen LogP contribution in [0.15, 0.2) is 18.3 Å². The molecule has 0 aromatic carbocycles. The summed E-state index contributed by atoms with van der Waals surface area (Å²) in [5.74, 6) is 2.70. The van der Waals surface area contributed by atoms with Crippen LogP contribution in [0.25, 0.3) is 0 Å². The van der Waals surface area contributed by atoms with Crippen LogP contribution in [-0.4, -0.2) is 24.1 Å². The standard InChI is InChI=1S/C11H12N2O2/c1-3-7-12-10-6-5-9(8-13-10)11(14)15-4-2/h1,5-6,8H,4,7H2,2H3,(H,12,13). The minimum Gasteiger partial charge on any atom is -0.462 e. The number of esters is 1. The Morgan fingerprint density at radius 3 is 3.00 bits per heavy atom. The van der Waals surface area contributed by atoms with Gasteiger partial charge in [0.2, 0.25) is 0 Å². The third-order valence-electron chi connectivity index (χ3n) is 1.65. The highest BCUT2D eigenvalue weighted by molar-refractivity contribution is 5.89. The van der Waals surface area contributed by atoms with Crippen LogP contribution in [0.2, 0.25) is 0 Å². The van der Waals surface area contributed by atoms with Crippen LogP contribution in [0.1, 0.15) is 17.3 Å². The predicted molar refractivity (Wildman–Crippen MR) is 57.5 cm³/mol. The summed E-state index contributed by atoms with van der Waals surface area (Å²) in [6, 6.07) is 3.33. The summed E-state index contributed by atoms with van der Waals surface area (Å²) >= 11 is 0. The van der Waals surface area contributed by atoms with Crippen LogP contribution in [-0.2, 0) is 4.74 Å². The zero-order valence-electron chi connectivity index (χ0n) is 8.49. The lowest BCUT2D eigenvalue weighted by molar-refractivity contribution is 0.0526. The Balaban J connectivity index is 2.64. The molecule has 15 heavy (non-hydrogen) atoms. The number of nitrogens with one attached hydrogen (secondary N) is 1. The second kappa shape index (κ2) is 5.66. The Bertz CT molecular complexity index is 365. The van der Waals surface area contributed by atoms with Crippen LogP contribution in [0.4, 0.5) is 5.82 Å². The van der Waals surface area contributed by atoms with Gasteiger partial charge in [-0.1, -0.05) is 5.92 Å². The zero-order valence-corrected chi connectivity index (χ0v) is 8.49. The van der Waals surface area contributed by atoms with Crippen molar-refractivity contribution in [2.75, 3.05) is 18.5 Å². The van der Waals surface area contributed by atoms with Crippen LogP contribution in [0.5, 0.6) is 0 Å². The average Bonchev–Trinajstić information content (AvgIpc) is 2.27. The first-order valence-electron chi connectivity index (χ1n) is 4.58. The van der Waals surface area contributed by atoms with Gasteiger partial charge in [-0.25, -0.2) is 9.78 Å². The van der Waals surface area contributed by atoms with Gasteiger partial charge < -0.3 is 10.1 Å². The van der Waals surface area contributed by atoms with Crippen molar-refractivity contribution in [1.29, 1.82) is 0 Å². The predicted octanol–water partition coefficient (Wildman–Crippen LogP) is 1.30. The van der Waals surface area contributed by atoms with Crippen LogP contribution >= 0.6 is 0 Å². The van der Waals surface area contributed by atoms with Crippen LogP contribution < -0.4 is 5.32 Å². The Kier molecular flexibility index (Phi) is 4.17. The highest BCUT2D eigenvalue weighted by Gasteiger charge is 2.05. The molecule has 0 aliphatic rings. The summed E-state index contributed by atoms with van der Waals surface area (Å²) in [6.07, 6.45) is 6.53. The van der Waals surface area contributed by atoms with Crippen molar-refractivity contribution in [1.82, 2.24) is 4.98 Å². The van der Waals surface area contributed by atoms with Gasteiger partial charge in [-0.05, 0) is 19.1 Å². The number of nitrogens with zero attached hydrogens (tertiary/aromatic N) is 1. The number of rotatable bonds is 4. The first-order valence-corrected chi connectivity index (χ1v) is 4.58. The monoisotopic (exact) mass is 204 g/mol. The quantitative estimate of drug-likeness (QED) is 0.593. The molecule has 4 nitrogen and oxygen atoms in total. The number of hydrogen-bond acceptors (Lipinski definition) is 4. The molecule has 0 atom stereocenters. The average molecular weight is 204 g/mol. The molecule has 1 N–H and O–H groups in total. The van der Waals surface area contributed by atoms with E-state index in [1.165, 1.54) is 6.20 Å². The van der Waals surface area contributed by atoms with Crippen molar-refractivity contribution in [2.24, 2.45) is 0 Å². The Morgan fingerprint density at radius 1 is 1.67 bits per heavy atom. The van der Waals surface area contributed by atoms with E-state index >= 15 is 0 Å². The van der Waals surface area contributed by atoms with E-state index in [9.17, 15) is 4.79 Å². The lowest BCUT2D eigenvalue weighted by atomic mass is 10.3. The molecule has 0 saturated heterocycles. The molecule has 1 aromatic rings. The van der Waals surface area contributed by atoms with E-state index in [1.54, 1.807) is 19.1 Å². The fourth-order valence-electron chi connectivity index (χ4n) is 0.975. The van der Waals surface area contributed by atoms with Crippen molar-refractivity contribution in [2.45, 2.75) is 6.92 Å². The summed E-state index contributed by atoms with van der Waals surface area (Å²) in [4.78, 5) is 15.3. The molecule has 0 unspecified atom stereocenters. The summed E-state index contributed by atoms with van der Waals surface area (Å²) in [5, 5.41) is 2.89. The summed E-state index contributed by atoms with van der Waals surface area (Å²) in [6.45, 7) is 2.52. The van der Waals surface area contributed by atoms with Crippen molar-refractivity contribution in [3.63, 3.8) is 0 Å². The maximum Gasteiger partial charge on any atom is 0.339 e. The van der Waals surface area contributed by atoms with Gasteiger partial charge in [0.15, 0.2) is 0 Å². The number of ether oxygens (including phenoxy) is 1. The molecule has 0 fully saturated rings. The van der Waals surface area contributed by atoms with E-state index < -0.39 is 0 Å². The van der Waals surface area contributed by atoms with Gasteiger partial charge in [-0.3, -0.25) is 0 Å². The third-order valence-corrected chi connectivity index (χ3v) is 1.65. The number of carbonyl (C=O) groups is 1. The molecule has 0 aliphatic carbocycles. The smallest absolute Gasteiger partial charge is 0.339 e. The van der Waals surface area contributed by atoms with Crippen molar-refractivity contribution in [3.8, 4) is 12.3 Å². The summed E-state index contributed by atoms with van der Waals surface area (Å²) in [5.41, 5.74) is 0.433. The molecule has 0 aliphatic heterocycles. The normalized spacial score (nSPS) is 9.07. The number of terminal acetylenes is 1. The van der Waals surface area contributed by atoms with E-state index in [0.717, 1.165) is 0 Å². The van der Waals surface area contributed by atoms with E-state index in [2.05, 4.69) is 16.2 Å². The molecule has 0 spiro atoms. The van der Waals surface area contributed by atoms with Gasteiger partial charge in [-0.2, -0.15) is 0 Å². The maximum atomic E-state index is 11.3. The lowest BCUT2D eigenvalue weighted by Gasteiger charge is -2.03. The second-order valence-electron chi connectivity index (χ2n) is 2.71. The molecule has 78 valence electrons. The number of pyridine rings is 1. The first-order chi connectivity index (χ1) is 7.27.